The summed E-state index contributed by atoms with van der Waals surface area (Å²) >= 11 is 3.44. The highest BCUT2D eigenvalue weighted by Crippen LogP contribution is 2.26. The quantitative estimate of drug-likeness (QED) is 0.637. The molecule has 0 aliphatic carbocycles. The summed E-state index contributed by atoms with van der Waals surface area (Å²) in [5, 5.41) is 9.17. The zero-order valence-corrected chi connectivity index (χ0v) is 12.3. The van der Waals surface area contributed by atoms with E-state index in [1.54, 1.807) is 0 Å². The lowest BCUT2D eigenvalue weighted by molar-refractivity contribution is -0.142. The van der Waals surface area contributed by atoms with Gasteiger partial charge < -0.3 is 5.11 Å². The average Bonchev–Trinajstić information content (AvgIpc) is 2.21. The van der Waals surface area contributed by atoms with Crippen LogP contribution in [0, 0.1) is 11.8 Å². The summed E-state index contributed by atoms with van der Waals surface area (Å²) in [7, 11) is 0. The molecule has 0 bridgehead atoms. The second kappa shape index (κ2) is 9.03. The van der Waals surface area contributed by atoms with Crippen molar-refractivity contribution in [3.63, 3.8) is 0 Å². The molecule has 0 saturated carbocycles. The van der Waals surface area contributed by atoms with Crippen LogP contribution in [0.1, 0.15) is 59.3 Å². The number of carboxylic acids is 1. The van der Waals surface area contributed by atoms with Gasteiger partial charge in [0, 0.05) is 4.83 Å². The van der Waals surface area contributed by atoms with E-state index in [0.29, 0.717) is 5.92 Å². The molecule has 0 aliphatic rings. The van der Waals surface area contributed by atoms with Crippen LogP contribution >= 0.6 is 15.9 Å². The Bertz CT molecular complexity index is 192. The zero-order chi connectivity index (χ0) is 12.6. The number of carboxylic acid groups (broad SMARTS) is 1. The first-order chi connectivity index (χ1) is 7.51. The number of hydrogen-bond donors (Lipinski definition) is 1. The largest absolute Gasteiger partial charge is 0.481 e. The minimum absolute atomic E-state index is 0.184. The molecular weight excluding hydrogens is 268 g/mol. The van der Waals surface area contributed by atoms with Crippen molar-refractivity contribution in [3.8, 4) is 0 Å². The molecule has 0 aromatic carbocycles. The summed E-state index contributed by atoms with van der Waals surface area (Å²) in [5.74, 6) is -0.246. The van der Waals surface area contributed by atoms with Crippen LogP contribution in [0.25, 0.3) is 0 Å². The van der Waals surface area contributed by atoms with E-state index >= 15 is 0 Å². The molecule has 3 unspecified atom stereocenters. The lowest BCUT2D eigenvalue weighted by Gasteiger charge is -2.20. The maximum atomic E-state index is 11.1. The number of rotatable bonds is 9. The van der Waals surface area contributed by atoms with Crippen LogP contribution in [-0.2, 0) is 4.79 Å². The monoisotopic (exact) mass is 292 g/mol. The molecular formula is C13H25BrO2. The van der Waals surface area contributed by atoms with Gasteiger partial charge >= 0.3 is 5.97 Å². The van der Waals surface area contributed by atoms with Gasteiger partial charge in [0.2, 0.25) is 0 Å². The van der Waals surface area contributed by atoms with Crippen molar-refractivity contribution in [2.45, 2.75) is 64.1 Å². The van der Waals surface area contributed by atoms with Crippen LogP contribution in [0.15, 0.2) is 0 Å². The Morgan fingerprint density at radius 1 is 1.31 bits per heavy atom. The van der Waals surface area contributed by atoms with Crippen molar-refractivity contribution in [3.05, 3.63) is 0 Å². The third kappa shape index (κ3) is 7.26. The van der Waals surface area contributed by atoms with E-state index in [-0.39, 0.29) is 10.7 Å². The van der Waals surface area contributed by atoms with E-state index in [1.807, 2.05) is 6.92 Å². The first-order valence-corrected chi connectivity index (χ1v) is 7.29. The standard InChI is InChI=1S/C13H25BrO2/c1-4-6-7-11(5-2)9-12(13(15)16)8-10(3)14/h10-12H,4-9H2,1-3H3,(H,15,16). The Balaban J connectivity index is 4.17. The molecule has 0 heterocycles. The molecule has 1 N–H and O–H groups in total. The fourth-order valence-corrected chi connectivity index (χ4v) is 2.52. The van der Waals surface area contributed by atoms with Gasteiger partial charge in [-0.3, -0.25) is 4.79 Å². The smallest absolute Gasteiger partial charge is 0.306 e. The SMILES string of the molecule is CCCCC(CC)CC(CC(C)Br)C(=O)O. The number of alkyl halides is 1. The zero-order valence-electron chi connectivity index (χ0n) is 10.7. The molecule has 0 fully saturated rings. The Morgan fingerprint density at radius 3 is 2.31 bits per heavy atom. The minimum atomic E-state index is -0.638. The summed E-state index contributed by atoms with van der Waals surface area (Å²) in [4.78, 5) is 11.4. The van der Waals surface area contributed by atoms with E-state index in [1.165, 1.54) is 19.3 Å². The maximum Gasteiger partial charge on any atom is 0.306 e. The van der Waals surface area contributed by atoms with Gasteiger partial charge in [0.25, 0.3) is 0 Å². The van der Waals surface area contributed by atoms with E-state index < -0.39 is 5.97 Å². The summed E-state index contributed by atoms with van der Waals surface area (Å²) in [6.07, 6.45) is 6.26. The molecule has 0 aliphatic heterocycles. The van der Waals surface area contributed by atoms with Crippen LogP contribution in [0.4, 0.5) is 0 Å². The molecule has 0 amide bonds. The first kappa shape index (κ1) is 16.0. The van der Waals surface area contributed by atoms with Gasteiger partial charge in [-0.2, -0.15) is 0 Å². The van der Waals surface area contributed by atoms with Gasteiger partial charge in [-0.15, -0.1) is 0 Å². The van der Waals surface area contributed by atoms with E-state index in [9.17, 15) is 9.90 Å². The van der Waals surface area contributed by atoms with Gasteiger partial charge in [-0.1, -0.05) is 62.4 Å². The van der Waals surface area contributed by atoms with Crippen LogP contribution < -0.4 is 0 Å². The summed E-state index contributed by atoms with van der Waals surface area (Å²) in [6, 6.07) is 0. The Kier molecular flexibility index (Phi) is 9.00. The molecule has 3 heteroatoms. The fraction of sp³-hybridized carbons (Fsp3) is 0.923. The maximum absolute atomic E-state index is 11.1. The third-order valence-electron chi connectivity index (χ3n) is 3.12. The number of halogens is 1. The Hall–Kier alpha value is -0.0500. The molecule has 0 aromatic heterocycles. The molecule has 0 rings (SSSR count). The van der Waals surface area contributed by atoms with Crippen molar-refractivity contribution in [2.75, 3.05) is 0 Å². The van der Waals surface area contributed by atoms with Crippen LogP contribution in [0.3, 0.4) is 0 Å². The highest BCUT2D eigenvalue weighted by Gasteiger charge is 2.22. The number of carbonyl (C=O) groups is 1. The number of aliphatic carboxylic acids is 1. The van der Waals surface area contributed by atoms with E-state index in [2.05, 4.69) is 29.8 Å². The highest BCUT2D eigenvalue weighted by molar-refractivity contribution is 9.09. The van der Waals surface area contributed by atoms with Crippen LogP contribution in [-0.4, -0.2) is 15.9 Å². The van der Waals surface area contributed by atoms with E-state index in [0.717, 1.165) is 19.3 Å². The molecule has 3 atom stereocenters. The predicted octanol–water partition coefficient (Wildman–Crippen LogP) is 4.47. The Labute approximate surface area is 108 Å². The fourth-order valence-electron chi connectivity index (χ4n) is 2.07. The van der Waals surface area contributed by atoms with Crippen LogP contribution in [0.2, 0.25) is 0 Å². The van der Waals surface area contributed by atoms with Gasteiger partial charge in [0.1, 0.15) is 0 Å². The van der Waals surface area contributed by atoms with Crippen molar-refractivity contribution >= 4 is 21.9 Å². The topological polar surface area (TPSA) is 37.3 Å². The van der Waals surface area contributed by atoms with Crippen molar-refractivity contribution in [1.29, 1.82) is 0 Å². The summed E-state index contributed by atoms with van der Waals surface area (Å²) < 4.78 is 0. The lowest BCUT2D eigenvalue weighted by atomic mass is 9.86. The predicted molar refractivity (Wildman–Crippen MR) is 72.1 cm³/mol. The molecule has 16 heavy (non-hydrogen) atoms. The van der Waals surface area contributed by atoms with Gasteiger partial charge in [-0.05, 0) is 18.8 Å². The van der Waals surface area contributed by atoms with Crippen molar-refractivity contribution in [2.24, 2.45) is 11.8 Å². The minimum Gasteiger partial charge on any atom is -0.481 e. The molecule has 96 valence electrons. The molecule has 0 saturated heterocycles. The summed E-state index contributed by atoms with van der Waals surface area (Å²) in [5.41, 5.74) is 0. The van der Waals surface area contributed by atoms with E-state index in [4.69, 9.17) is 0 Å². The van der Waals surface area contributed by atoms with Gasteiger partial charge in [0.15, 0.2) is 0 Å². The average molecular weight is 293 g/mol. The molecule has 0 radical (unpaired) electrons. The summed E-state index contributed by atoms with van der Waals surface area (Å²) in [6.45, 7) is 6.36. The number of hydrogen-bond acceptors (Lipinski definition) is 1. The highest BCUT2D eigenvalue weighted by atomic mass is 79.9. The van der Waals surface area contributed by atoms with Gasteiger partial charge in [-0.25, -0.2) is 0 Å². The lowest BCUT2D eigenvalue weighted by Crippen LogP contribution is -2.20. The van der Waals surface area contributed by atoms with Gasteiger partial charge in [0.05, 0.1) is 5.92 Å². The normalized spacial score (nSPS) is 16.8. The molecule has 0 spiro atoms. The number of unbranched alkanes of at least 4 members (excludes halogenated alkanes) is 1. The van der Waals surface area contributed by atoms with Crippen molar-refractivity contribution in [1.82, 2.24) is 0 Å². The second-order valence-electron chi connectivity index (χ2n) is 4.70. The second-order valence-corrected chi connectivity index (χ2v) is 6.27. The molecule has 2 nitrogen and oxygen atoms in total. The van der Waals surface area contributed by atoms with Crippen LogP contribution in [0.5, 0.6) is 0 Å². The van der Waals surface area contributed by atoms with Crippen molar-refractivity contribution < 1.29 is 9.90 Å². The first-order valence-electron chi connectivity index (χ1n) is 6.38. The third-order valence-corrected chi connectivity index (χ3v) is 3.49. The molecule has 0 aromatic rings. The Morgan fingerprint density at radius 2 is 1.94 bits per heavy atom.